The minimum Gasteiger partial charge on any atom is -0.444 e. The van der Waals surface area contributed by atoms with Crippen LogP contribution in [-0.4, -0.2) is 47.5 Å². The van der Waals surface area contributed by atoms with Crippen molar-refractivity contribution in [3.63, 3.8) is 0 Å². The van der Waals surface area contributed by atoms with Crippen LogP contribution in [0.25, 0.3) is 11.5 Å². The molecule has 0 spiro atoms. The maximum absolute atomic E-state index is 5.66. The standard InChI is InChI=1S/C20H27N3O/c1-2-6-18(7-3-1)20-21-19(16-24-20)15-23-12-8-17(9-13-23)14-22-10-4-5-11-22/h1-3,6-7,16-17H,4-5,8-15H2. The van der Waals surface area contributed by atoms with E-state index in [0.29, 0.717) is 0 Å². The summed E-state index contributed by atoms with van der Waals surface area (Å²) in [5, 5.41) is 0. The van der Waals surface area contributed by atoms with Crippen molar-refractivity contribution < 1.29 is 4.42 Å². The van der Waals surface area contributed by atoms with Crippen LogP contribution in [0, 0.1) is 5.92 Å². The lowest BCUT2D eigenvalue weighted by molar-refractivity contribution is 0.147. The zero-order chi connectivity index (χ0) is 16.2. The summed E-state index contributed by atoms with van der Waals surface area (Å²) in [4.78, 5) is 9.84. The summed E-state index contributed by atoms with van der Waals surface area (Å²) in [5.74, 6) is 1.62. The Morgan fingerprint density at radius 1 is 0.958 bits per heavy atom. The number of rotatable bonds is 5. The SMILES string of the molecule is c1ccc(-c2nc(CN3CCC(CN4CCCC4)CC3)co2)cc1. The molecule has 128 valence electrons. The zero-order valence-corrected chi connectivity index (χ0v) is 14.4. The van der Waals surface area contributed by atoms with Crippen LogP contribution in [0.3, 0.4) is 0 Å². The highest BCUT2D eigenvalue weighted by Crippen LogP contribution is 2.23. The highest BCUT2D eigenvalue weighted by atomic mass is 16.3. The first-order valence-electron chi connectivity index (χ1n) is 9.31. The second-order valence-electron chi connectivity index (χ2n) is 7.24. The van der Waals surface area contributed by atoms with E-state index < -0.39 is 0 Å². The fraction of sp³-hybridized carbons (Fsp3) is 0.550. The van der Waals surface area contributed by atoms with E-state index in [4.69, 9.17) is 4.42 Å². The van der Waals surface area contributed by atoms with Crippen LogP contribution in [-0.2, 0) is 6.54 Å². The Labute approximate surface area is 144 Å². The molecule has 4 heteroatoms. The van der Waals surface area contributed by atoms with Gasteiger partial charge in [0.05, 0.1) is 5.69 Å². The Hall–Kier alpha value is -1.65. The summed E-state index contributed by atoms with van der Waals surface area (Å²) in [6.07, 6.45) is 7.25. The maximum atomic E-state index is 5.66. The Kier molecular flexibility index (Phi) is 4.95. The molecule has 2 aliphatic rings. The molecule has 4 nitrogen and oxygen atoms in total. The normalized spacial score (nSPS) is 20.7. The molecule has 0 radical (unpaired) electrons. The number of likely N-dealkylation sites (tertiary alicyclic amines) is 2. The van der Waals surface area contributed by atoms with Gasteiger partial charge in [0.25, 0.3) is 0 Å². The van der Waals surface area contributed by atoms with Crippen molar-refractivity contribution in [1.82, 2.24) is 14.8 Å². The third-order valence-corrected chi connectivity index (χ3v) is 5.38. The van der Waals surface area contributed by atoms with E-state index in [1.807, 2.05) is 36.6 Å². The Morgan fingerprint density at radius 2 is 1.71 bits per heavy atom. The first kappa shape index (κ1) is 15.9. The topological polar surface area (TPSA) is 32.5 Å². The highest BCUT2D eigenvalue weighted by Gasteiger charge is 2.23. The molecule has 2 aromatic rings. The second-order valence-corrected chi connectivity index (χ2v) is 7.24. The largest absolute Gasteiger partial charge is 0.444 e. The Balaban J connectivity index is 1.27. The lowest BCUT2D eigenvalue weighted by Gasteiger charge is -2.33. The zero-order valence-electron chi connectivity index (χ0n) is 14.4. The molecular weight excluding hydrogens is 298 g/mol. The number of nitrogens with zero attached hydrogens (tertiary/aromatic N) is 3. The van der Waals surface area contributed by atoms with Crippen LogP contribution in [0.15, 0.2) is 41.0 Å². The number of aromatic nitrogens is 1. The summed E-state index contributed by atoms with van der Waals surface area (Å²) in [7, 11) is 0. The molecule has 1 aromatic heterocycles. The Bertz CT molecular complexity index is 625. The smallest absolute Gasteiger partial charge is 0.226 e. The first-order valence-corrected chi connectivity index (χ1v) is 9.31. The van der Waals surface area contributed by atoms with Crippen molar-refractivity contribution in [3.05, 3.63) is 42.3 Å². The molecule has 24 heavy (non-hydrogen) atoms. The van der Waals surface area contributed by atoms with Crippen LogP contribution < -0.4 is 0 Å². The molecule has 0 bridgehead atoms. The third-order valence-electron chi connectivity index (χ3n) is 5.38. The molecule has 0 N–H and O–H groups in total. The molecule has 0 unspecified atom stereocenters. The molecule has 2 saturated heterocycles. The predicted molar refractivity (Wildman–Crippen MR) is 95.6 cm³/mol. The molecule has 0 saturated carbocycles. The molecule has 4 rings (SSSR count). The molecule has 0 aliphatic carbocycles. The molecule has 2 aliphatic heterocycles. The van der Waals surface area contributed by atoms with Crippen LogP contribution >= 0.6 is 0 Å². The van der Waals surface area contributed by atoms with Gasteiger partial charge in [0, 0.05) is 18.7 Å². The maximum Gasteiger partial charge on any atom is 0.226 e. The number of piperidine rings is 1. The van der Waals surface area contributed by atoms with Gasteiger partial charge in [-0.3, -0.25) is 4.90 Å². The highest BCUT2D eigenvalue weighted by molar-refractivity contribution is 5.52. The predicted octanol–water partition coefficient (Wildman–Crippen LogP) is 3.65. The molecular formula is C20H27N3O. The van der Waals surface area contributed by atoms with Crippen molar-refractivity contribution in [1.29, 1.82) is 0 Å². The fourth-order valence-corrected chi connectivity index (χ4v) is 3.98. The van der Waals surface area contributed by atoms with Crippen LogP contribution in [0.1, 0.15) is 31.4 Å². The molecule has 0 atom stereocenters. The van der Waals surface area contributed by atoms with Gasteiger partial charge in [0.15, 0.2) is 0 Å². The number of hydrogen-bond donors (Lipinski definition) is 0. The van der Waals surface area contributed by atoms with E-state index in [0.717, 1.165) is 29.6 Å². The quantitative estimate of drug-likeness (QED) is 0.840. The van der Waals surface area contributed by atoms with Gasteiger partial charge in [-0.25, -0.2) is 4.98 Å². The van der Waals surface area contributed by atoms with Crippen molar-refractivity contribution in [2.75, 3.05) is 32.7 Å². The lowest BCUT2D eigenvalue weighted by Crippen LogP contribution is -2.37. The lowest BCUT2D eigenvalue weighted by atomic mass is 9.96. The van der Waals surface area contributed by atoms with Crippen molar-refractivity contribution >= 4 is 0 Å². The van der Waals surface area contributed by atoms with Gasteiger partial charge in [-0.05, 0) is 69.9 Å². The van der Waals surface area contributed by atoms with Gasteiger partial charge < -0.3 is 9.32 Å². The van der Waals surface area contributed by atoms with Crippen molar-refractivity contribution in [3.8, 4) is 11.5 Å². The number of oxazole rings is 1. The summed E-state index contributed by atoms with van der Waals surface area (Å²) in [6, 6.07) is 10.1. The summed E-state index contributed by atoms with van der Waals surface area (Å²) in [5.41, 5.74) is 2.10. The molecule has 2 fully saturated rings. The van der Waals surface area contributed by atoms with Crippen molar-refractivity contribution in [2.24, 2.45) is 5.92 Å². The van der Waals surface area contributed by atoms with Crippen LogP contribution in [0.2, 0.25) is 0 Å². The van der Waals surface area contributed by atoms with Gasteiger partial charge in [-0.15, -0.1) is 0 Å². The van der Waals surface area contributed by atoms with Crippen LogP contribution in [0.5, 0.6) is 0 Å². The van der Waals surface area contributed by atoms with Gasteiger partial charge in [-0.1, -0.05) is 18.2 Å². The molecule has 3 heterocycles. The average Bonchev–Trinajstić information content (AvgIpc) is 3.29. The van der Waals surface area contributed by atoms with E-state index in [2.05, 4.69) is 14.8 Å². The minimum absolute atomic E-state index is 0.731. The molecule has 1 aromatic carbocycles. The van der Waals surface area contributed by atoms with E-state index in [-0.39, 0.29) is 0 Å². The minimum atomic E-state index is 0.731. The summed E-state index contributed by atoms with van der Waals surface area (Å²) in [6.45, 7) is 7.24. The average molecular weight is 325 g/mol. The van der Waals surface area contributed by atoms with Crippen molar-refractivity contribution in [2.45, 2.75) is 32.2 Å². The van der Waals surface area contributed by atoms with Gasteiger partial charge in [0.2, 0.25) is 5.89 Å². The van der Waals surface area contributed by atoms with E-state index in [9.17, 15) is 0 Å². The van der Waals surface area contributed by atoms with E-state index >= 15 is 0 Å². The summed E-state index contributed by atoms with van der Waals surface area (Å²) < 4.78 is 5.66. The third kappa shape index (κ3) is 3.87. The van der Waals surface area contributed by atoms with E-state index in [1.54, 1.807) is 0 Å². The number of benzene rings is 1. The van der Waals surface area contributed by atoms with Gasteiger partial charge in [-0.2, -0.15) is 0 Å². The van der Waals surface area contributed by atoms with Crippen LogP contribution in [0.4, 0.5) is 0 Å². The monoisotopic (exact) mass is 325 g/mol. The molecule has 0 amide bonds. The van der Waals surface area contributed by atoms with E-state index in [1.165, 1.54) is 58.4 Å². The van der Waals surface area contributed by atoms with Gasteiger partial charge in [0.1, 0.15) is 6.26 Å². The fourth-order valence-electron chi connectivity index (χ4n) is 3.98. The first-order chi connectivity index (χ1) is 11.9. The second kappa shape index (κ2) is 7.49. The van der Waals surface area contributed by atoms with Gasteiger partial charge >= 0.3 is 0 Å². The Morgan fingerprint density at radius 3 is 2.46 bits per heavy atom. The summed E-state index contributed by atoms with van der Waals surface area (Å²) >= 11 is 0. The number of hydrogen-bond acceptors (Lipinski definition) is 4.